The molecule has 1 aromatic heterocycles. The SMILES string of the molecule is CS(=O)(=O)OC[C@@H]1C=C(c2ccc(Br)cn2)NO1. The summed E-state index contributed by atoms with van der Waals surface area (Å²) in [5.74, 6) is 0. The van der Waals surface area contributed by atoms with Gasteiger partial charge in [0.15, 0.2) is 0 Å². The lowest BCUT2D eigenvalue weighted by atomic mass is 10.2. The molecule has 1 atom stereocenters. The van der Waals surface area contributed by atoms with Crippen molar-refractivity contribution >= 4 is 31.7 Å². The predicted molar refractivity (Wildman–Crippen MR) is 68.7 cm³/mol. The number of nitrogens with zero attached hydrogens (tertiary/aromatic N) is 1. The van der Waals surface area contributed by atoms with Crippen LogP contribution in [0.5, 0.6) is 0 Å². The number of rotatable bonds is 4. The molecule has 0 aliphatic carbocycles. The van der Waals surface area contributed by atoms with Crippen molar-refractivity contribution in [3.8, 4) is 0 Å². The van der Waals surface area contributed by atoms with Gasteiger partial charge in [0, 0.05) is 10.7 Å². The summed E-state index contributed by atoms with van der Waals surface area (Å²) in [4.78, 5) is 9.35. The Morgan fingerprint density at radius 1 is 1.56 bits per heavy atom. The third kappa shape index (κ3) is 3.77. The molecule has 98 valence electrons. The summed E-state index contributed by atoms with van der Waals surface area (Å²) in [5.41, 5.74) is 4.08. The van der Waals surface area contributed by atoms with E-state index in [9.17, 15) is 8.42 Å². The van der Waals surface area contributed by atoms with Gasteiger partial charge in [-0.2, -0.15) is 8.42 Å². The molecule has 18 heavy (non-hydrogen) atoms. The van der Waals surface area contributed by atoms with E-state index in [-0.39, 0.29) is 6.61 Å². The lowest BCUT2D eigenvalue weighted by Crippen LogP contribution is -2.19. The Morgan fingerprint density at radius 3 is 2.94 bits per heavy atom. The first kappa shape index (κ1) is 13.5. The van der Waals surface area contributed by atoms with Crippen LogP contribution < -0.4 is 5.48 Å². The maximum Gasteiger partial charge on any atom is 0.264 e. The maximum absolute atomic E-state index is 10.8. The summed E-state index contributed by atoms with van der Waals surface area (Å²) in [6.45, 7) is -0.0636. The van der Waals surface area contributed by atoms with Crippen molar-refractivity contribution in [1.29, 1.82) is 0 Å². The van der Waals surface area contributed by atoms with E-state index < -0.39 is 16.2 Å². The number of hydrogen-bond donors (Lipinski definition) is 1. The quantitative estimate of drug-likeness (QED) is 0.830. The fraction of sp³-hybridized carbons (Fsp3) is 0.300. The summed E-state index contributed by atoms with van der Waals surface area (Å²) in [6, 6.07) is 3.66. The monoisotopic (exact) mass is 334 g/mol. The van der Waals surface area contributed by atoms with Crippen molar-refractivity contribution in [2.24, 2.45) is 0 Å². The minimum atomic E-state index is -3.46. The molecule has 1 aliphatic rings. The molecule has 0 aromatic carbocycles. The van der Waals surface area contributed by atoms with Crippen molar-refractivity contribution in [3.05, 3.63) is 34.6 Å². The van der Waals surface area contributed by atoms with E-state index in [1.54, 1.807) is 12.3 Å². The normalized spacial score (nSPS) is 19.4. The number of aromatic nitrogens is 1. The zero-order valence-electron chi connectivity index (χ0n) is 9.46. The molecule has 8 heteroatoms. The molecule has 0 fully saturated rings. The van der Waals surface area contributed by atoms with Crippen LogP contribution in [0.25, 0.3) is 5.70 Å². The zero-order chi connectivity index (χ0) is 13.2. The first-order valence-corrected chi connectivity index (χ1v) is 7.65. The third-order valence-corrected chi connectivity index (χ3v) is 3.16. The summed E-state index contributed by atoms with van der Waals surface area (Å²) in [6.07, 6.45) is 3.93. The van der Waals surface area contributed by atoms with Crippen molar-refractivity contribution in [3.63, 3.8) is 0 Å². The number of halogens is 1. The molecule has 6 nitrogen and oxygen atoms in total. The van der Waals surface area contributed by atoms with Crippen LogP contribution in [0, 0.1) is 0 Å². The number of pyridine rings is 1. The first-order valence-electron chi connectivity index (χ1n) is 5.04. The Hall–Kier alpha value is -0.960. The molecule has 0 amide bonds. The summed E-state index contributed by atoms with van der Waals surface area (Å²) >= 11 is 3.29. The van der Waals surface area contributed by atoms with E-state index in [1.165, 1.54) is 0 Å². The first-order chi connectivity index (χ1) is 8.44. The van der Waals surface area contributed by atoms with Gasteiger partial charge in [0.25, 0.3) is 10.1 Å². The van der Waals surface area contributed by atoms with Gasteiger partial charge >= 0.3 is 0 Å². The van der Waals surface area contributed by atoms with Gasteiger partial charge in [-0.25, -0.2) is 0 Å². The van der Waals surface area contributed by atoms with Crippen molar-refractivity contribution in [2.75, 3.05) is 12.9 Å². The predicted octanol–water partition coefficient (Wildman–Crippen LogP) is 1.06. The highest BCUT2D eigenvalue weighted by Gasteiger charge is 2.20. The van der Waals surface area contributed by atoms with Crippen LogP contribution in [0.1, 0.15) is 5.69 Å². The van der Waals surface area contributed by atoms with Crippen LogP contribution in [-0.4, -0.2) is 32.4 Å². The van der Waals surface area contributed by atoms with E-state index in [2.05, 4.69) is 30.6 Å². The second kappa shape index (κ2) is 5.35. The second-order valence-corrected chi connectivity index (χ2v) is 6.25. The van der Waals surface area contributed by atoms with Crippen LogP contribution in [-0.2, 0) is 19.1 Å². The minimum Gasteiger partial charge on any atom is -0.267 e. The Kier molecular flexibility index (Phi) is 4.00. The summed E-state index contributed by atoms with van der Waals surface area (Å²) in [5, 5.41) is 0. The zero-order valence-corrected chi connectivity index (χ0v) is 11.9. The van der Waals surface area contributed by atoms with E-state index in [4.69, 9.17) is 4.84 Å². The smallest absolute Gasteiger partial charge is 0.264 e. The van der Waals surface area contributed by atoms with Crippen molar-refractivity contribution in [1.82, 2.24) is 10.5 Å². The van der Waals surface area contributed by atoms with Crippen LogP contribution >= 0.6 is 15.9 Å². The summed E-state index contributed by atoms with van der Waals surface area (Å²) < 4.78 is 27.2. The van der Waals surface area contributed by atoms with Gasteiger partial charge in [-0.15, -0.1) is 0 Å². The van der Waals surface area contributed by atoms with Gasteiger partial charge in [0.2, 0.25) is 0 Å². The Morgan fingerprint density at radius 2 is 2.33 bits per heavy atom. The van der Waals surface area contributed by atoms with Gasteiger partial charge in [0.1, 0.15) is 6.10 Å². The van der Waals surface area contributed by atoms with Crippen LogP contribution in [0.4, 0.5) is 0 Å². The number of hydrogen-bond acceptors (Lipinski definition) is 6. The molecule has 0 unspecified atom stereocenters. The van der Waals surface area contributed by atoms with E-state index in [1.807, 2.05) is 12.1 Å². The Bertz CT molecular complexity index is 556. The van der Waals surface area contributed by atoms with Crippen LogP contribution in [0.3, 0.4) is 0 Å². The molecule has 0 saturated carbocycles. The maximum atomic E-state index is 10.8. The lowest BCUT2D eigenvalue weighted by Gasteiger charge is -2.06. The van der Waals surface area contributed by atoms with Gasteiger partial charge in [0.05, 0.1) is 24.3 Å². The average Bonchev–Trinajstić information content (AvgIpc) is 2.75. The molecule has 2 heterocycles. The number of hydroxylamine groups is 1. The standard InChI is InChI=1S/C10H11BrN2O4S/c1-18(14,15)16-6-8-4-10(13-17-8)9-3-2-7(11)5-12-9/h2-5,8,13H,6H2,1H3/t8-/m0/s1. The molecule has 0 radical (unpaired) electrons. The largest absolute Gasteiger partial charge is 0.267 e. The molecule has 0 spiro atoms. The lowest BCUT2D eigenvalue weighted by molar-refractivity contribution is 0.0251. The topological polar surface area (TPSA) is 77.5 Å². The van der Waals surface area contributed by atoms with Crippen LogP contribution in [0.15, 0.2) is 28.9 Å². The molecule has 0 bridgehead atoms. The average molecular weight is 335 g/mol. The van der Waals surface area contributed by atoms with E-state index >= 15 is 0 Å². The van der Waals surface area contributed by atoms with E-state index in [0.29, 0.717) is 11.4 Å². The highest BCUT2D eigenvalue weighted by Crippen LogP contribution is 2.18. The molecule has 1 N–H and O–H groups in total. The van der Waals surface area contributed by atoms with Gasteiger partial charge in [-0.1, -0.05) is 0 Å². The molecule has 1 aliphatic heterocycles. The molecular formula is C10H11BrN2O4S. The highest BCUT2D eigenvalue weighted by molar-refractivity contribution is 9.10. The second-order valence-electron chi connectivity index (χ2n) is 3.69. The van der Waals surface area contributed by atoms with Crippen molar-refractivity contribution < 1.29 is 17.4 Å². The molecule has 0 saturated heterocycles. The summed E-state index contributed by atoms with van der Waals surface area (Å²) in [7, 11) is -3.46. The van der Waals surface area contributed by atoms with E-state index in [0.717, 1.165) is 10.7 Å². The Balaban J connectivity index is 2.02. The fourth-order valence-corrected chi connectivity index (χ4v) is 1.95. The molecule has 2 rings (SSSR count). The highest BCUT2D eigenvalue weighted by atomic mass is 79.9. The van der Waals surface area contributed by atoms with Gasteiger partial charge in [-0.05, 0) is 34.1 Å². The van der Waals surface area contributed by atoms with Crippen LogP contribution in [0.2, 0.25) is 0 Å². The Labute approximate surface area is 113 Å². The third-order valence-electron chi connectivity index (χ3n) is 2.12. The van der Waals surface area contributed by atoms with Gasteiger partial charge in [-0.3, -0.25) is 19.5 Å². The number of nitrogens with one attached hydrogen (secondary N) is 1. The van der Waals surface area contributed by atoms with Gasteiger partial charge < -0.3 is 0 Å². The fourth-order valence-electron chi connectivity index (χ4n) is 1.34. The van der Waals surface area contributed by atoms with Crippen molar-refractivity contribution in [2.45, 2.75) is 6.10 Å². The minimum absolute atomic E-state index is 0.0636. The molecular weight excluding hydrogens is 324 g/mol. The molecule has 1 aromatic rings.